The number of urea groups is 1. The predicted octanol–water partition coefficient (Wildman–Crippen LogP) is 4.31. The SMILES string of the molecule is CCOc1cc(/C=C2\C(=O)NC(=O)N(c3cccc(C)c3)C2=O)ccc1OC(=O)c1cc(OC)c(OC)c(OC)c1. The molecule has 11 nitrogen and oxygen atoms in total. The number of ether oxygens (including phenoxy) is 5. The molecule has 1 saturated heterocycles. The number of carbonyl (C=O) groups is 4. The van der Waals surface area contributed by atoms with E-state index >= 15 is 0 Å². The normalized spacial score (nSPS) is 14.0. The van der Waals surface area contributed by atoms with Crippen LogP contribution in [0.3, 0.4) is 0 Å². The Balaban J connectivity index is 1.65. The predicted molar refractivity (Wildman–Crippen MR) is 149 cm³/mol. The number of aryl methyl sites for hydroxylation is 1. The minimum Gasteiger partial charge on any atom is -0.493 e. The lowest BCUT2D eigenvalue weighted by Crippen LogP contribution is -2.54. The highest BCUT2D eigenvalue weighted by atomic mass is 16.6. The summed E-state index contributed by atoms with van der Waals surface area (Å²) in [7, 11) is 4.31. The van der Waals surface area contributed by atoms with Gasteiger partial charge in [0, 0.05) is 0 Å². The number of hydrogen-bond acceptors (Lipinski definition) is 9. The number of barbiturate groups is 1. The first-order chi connectivity index (χ1) is 19.7. The summed E-state index contributed by atoms with van der Waals surface area (Å²) in [5.41, 5.74) is 1.45. The summed E-state index contributed by atoms with van der Waals surface area (Å²) in [6.07, 6.45) is 1.33. The van der Waals surface area contributed by atoms with E-state index in [0.29, 0.717) is 17.0 Å². The monoisotopic (exact) mass is 560 g/mol. The molecule has 0 bridgehead atoms. The number of imide groups is 2. The Kier molecular flexibility index (Phi) is 8.57. The third-order valence-electron chi connectivity index (χ3n) is 6.04. The largest absolute Gasteiger partial charge is 0.493 e. The lowest BCUT2D eigenvalue weighted by atomic mass is 10.1. The molecule has 1 fully saturated rings. The van der Waals surface area contributed by atoms with E-state index in [4.69, 9.17) is 23.7 Å². The molecule has 0 radical (unpaired) electrons. The maximum atomic E-state index is 13.2. The van der Waals surface area contributed by atoms with Gasteiger partial charge in [0.1, 0.15) is 5.57 Å². The maximum Gasteiger partial charge on any atom is 0.343 e. The molecule has 0 aromatic heterocycles. The third kappa shape index (κ3) is 5.98. The summed E-state index contributed by atoms with van der Waals surface area (Å²) >= 11 is 0. The Bertz CT molecular complexity index is 1540. The lowest BCUT2D eigenvalue weighted by Gasteiger charge is -2.26. The van der Waals surface area contributed by atoms with Crippen molar-refractivity contribution < 1.29 is 42.9 Å². The Morgan fingerprint density at radius 3 is 2.20 bits per heavy atom. The molecular formula is C30H28N2O9. The van der Waals surface area contributed by atoms with Gasteiger partial charge in [-0.05, 0) is 67.4 Å². The highest BCUT2D eigenvalue weighted by Gasteiger charge is 2.37. The van der Waals surface area contributed by atoms with E-state index in [9.17, 15) is 19.2 Å². The number of methoxy groups -OCH3 is 3. The van der Waals surface area contributed by atoms with Crippen LogP contribution in [0.1, 0.15) is 28.4 Å². The molecule has 0 unspecified atom stereocenters. The van der Waals surface area contributed by atoms with Gasteiger partial charge in [0.2, 0.25) is 5.75 Å². The van der Waals surface area contributed by atoms with Gasteiger partial charge >= 0.3 is 12.0 Å². The van der Waals surface area contributed by atoms with Crippen molar-refractivity contribution >= 4 is 35.6 Å². The number of benzene rings is 3. The molecule has 0 aliphatic carbocycles. The average molecular weight is 561 g/mol. The minimum absolute atomic E-state index is 0.101. The fourth-order valence-electron chi connectivity index (χ4n) is 4.15. The number of nitrogens with one attached hydrogen (secondary N) is 1. The smallest absolute Gasteiger partial charge is 0.343 e. The summed E-state index contributed by atoms with van der Waals surface area (Å²) < 4.78 is 27.2. The number of rotatable bonds is 9. The fourth-order valence-corrected chi connectivity index (χ4v) is 4.15. The van der Waals surface area contributed by atoms with Crippen molar-refractivity contribution in [2.24, 2.45) is 0 Å². The number of carbonyl (C=O) groups excluding carboxylic acids is 4. The zero-order chi connectivity index (χ0) is 29.7. The fraction of sp³-hybridized carbons (Fsp3) is 0.200. The quantitative estimate of drug-likeness (QED) is 0.176. The van der Waals surface area contributed by atoms with Crippen molar-refractivity contribution in [1.29, 1.82) is 0 Å². The zero-order valence-electron chi connectivity index (χ0n) is 23.1. The summed E-state index contributed by atoms with van der Waals surface area (Å²) in [6, 6.07) is 13.4. The molecule has 41 heavy (non-hydrogen) atoms. The van der Waals surface area contributed by atoms with Gasteiger partial charge in [0.25, 0.3) is 11.8 Å². The summed E-state index contributed by atoms with van der Waals surface area (Å²) in [6.45, 7) is 3.81. The van der Waals surface area contributed by atoms with Crippen molar-refractivity contribution in [2.75, 3.05) is 32.8 Å². The van der Waals surface area contributed by atoms with Gasteiger partial charge < -0.3 is 23.7 Å². The molecule has 1 aliphatic rings. The molecule has 0 atom stereocenters. The van der Waals surface area contributed by atoms with Crippen molar-refractivity contribution in [3.63, 3.8) is 0 Å². The molecule has 11 heteroatoms. The topological polar surface area (TPSA) is 130 Å². The molecule has 4 amide bonds. The molecule has 1 aliphatic heterocycles. The van der Waals surface area contributed by atoms with E-state index in [1.807, 2.05) is 13.0 Å². The van der Waals surface area contributed by atoms with Crippen molar-refractivity contribution in [3.8, 4) is 28.7 Å². The van der Waals surface area contributed by atoms with Gasteiger partial charge in [-0.2, -0.15) is 0 Å². The maximum absolute atomic E-state index is 13.2. The van der Waals surface area contributed by atoms with Gasteiger partial charge in [-0.1, -0.05) is 18.2 Å². The zero-order valence-corrected chi connectivity index (χ0v) is 23.1. The number of nitrogens with zero attached hydrogens (tertiary/aromatic N) is 1. The molecule has 4 rings (SSSR count). The molecule has 0 spiro atoms. The van der Waals surface area contributed by atoms with Gasteiger partial charge in [-0.15, -0.1) is 0 Å². The Hall–Kier alpha value is -5.32. The molecular weight excluding hydrogens is 532 g/mol. The summed E-state index contributed by atoms with van der Waals surface area (Å²) in [4.78, 5) is 52.3. The first-order valence-electron chi connectivity index (χ1n) is 12.5. The van der Waals surface area contributed by atoms with E-state index in [0.717, 1.165) is 10.5 Å². The number of anilines is 1. The second-order valence-electron chi connectivity index (χ2n) is 8.74. The summed E-state index contributed by atoms with van der Waals surface area (Å²) in [5.74, 6) is -1.16. The van der Waals surface area contributed by atoms with Crippen molar-refractivity contribution in [1.82, 2.24) is 5.32 Å². The first kappa shape index (κ1) is 28.7. The van der Waals surface area contributed by atoms with Crippen LogP contribution < -0.4 is 33.9 Å². The van der Waals surface area contributed by atoms with Crippen LogP contribution in [0.25, 0.3) is 6.08 Å². The van der Waals surface area contributed by atoms with Crippen molar-refractivity contribution in [3.05, 3.63) is 76.9 Å². The first-order valence-corrected chi connectivity index (χ1v) is 12.5. The highest BCUT2D eigenvalue weighted by molar-refractivity contribution is 6.39. The van der Waals surface area contributed by atoms with E-state index in [1.165, 1.54) is 51.7 Å². The van der Waals surface area contributed by atoms with E-state index in [-0.39, 0.29) is 40.7 Å². The average Bonchev–Trinajstić information content (AvgIpc) is 2.95. The summed E-state index contributed by atoms with van der Waals surface area (Å²) in [5, 5.41) is 2.20. The molecule has 0 saturated carbocycles. The molecule has 1 heterocycles. The van der Waals surface area contributed by atoms with E-state index in [2.05, 4.69) is 5.32 Å². The number of esters is 1. The molecule has 3 aromatic rings. The van der Waals surface area contributed by atoms with Crippen LogP contribution in [0, 0.1) is 6.92 Å². The minimum atomic E-state index is -0.841. The van der Waals surface area contributed by atoms with Crippen LogP contribution in [0.15, 0.2) is 60.2 Å². The molecule has 212 valence electrons. The van der Waals surface area contributed by atoms with Crippen LogP contribution in [0.4, 0.5) is 10.5 Å². The van der Waals surface area contributed by atoms with Gasteiger partial charge in [0.05, 0.1) is 39.2 Å². The second kappa shape index (κ2) is 12.2. The van der Waals surface area contributed by atoms with Crippen molar-refractivity contribution in [2.45, 2.75) is 13.8 Å². The molecule has 1 N–H and O–H groups in total. The Morgan fingerprint density at radius 2 is 1.59 bits per heavy atom. The van der Waals surface area contributed by atoms with Gasteiger partial charge in [-0.25, -0.2) is 14.5 Å². The van der Waals surface area contributed by atoms with Gasteiger partial charge in [0.15, 0.2) is 23.0 Å². The van der Waals surface area contributed by atoms with E-state index < -0.39 is 23.8 Å². The molecule has 3 aromatic carbocycles. The Morgan fingerprint density at radius 1 is 0.878 bits per heavy atom. The second-order valence-corrected chi connectivity index (χ2v) is 8.74. The van der Waals surface area contributed by atoms with Crippen LogP contribution in [-0.4, -0.2) is 51.8 Å². The number of amides is 4. The van der Waals surface area contributed by atoms with E-state index in [1.54, 1.807) is 31.2 Å². The highest BCUT2D eigenvalue weighted by Crippen LogP contribution is 2.39. The number of hydrogen-bond donors (Lipinski definition) is 1. The van der Waals surface area contributed by atoms with Gasteiger partial charge in [-0.3, -0.25) is 14.9 Å². The Labute approximate surface area is 236 Å². The van der Waals surface area contributed by atoms with Crippen LogP contribution in [0.2, 0.25) is 0 Å². The standard InChI is InChI=1S/C30H28N2O9/c1-6-40-23-14-18(13-21-27(33)31-30(36)32(28(21)34)20-9-7-8-17(2)12-20)10-11-22(23)41-29(35)19-15-24(37-3)26(39-5)25(16-19)38-4/h7-16H,6H2,1-5H3,(H,31,33,36)/b21-13+. The van der Waals surface area contributed by atoms with Crippen LogP contribution in [-0.2, 0) is 9.59 Å². The lowest BCUT2D eigenvalue weighted by molar-refractivity contribution is -0.122. The van der Waals surface area contributed by atoms with Crippen LogP contribution in [0.5, 0.6) is 28.7 Å². The third-order valence-corrected chi connectivity index (χ3v) is 6.04. The van der Waals surface area contributed by atoms with Crippen LogP contribution >= 0.6 is 0 Å².